The Morgan fingerprint density at radius 2 is 1.64 bits per heavy atom. The first-order chi connectivity index (χ1) is 10.6. The van der Waals surface area contributed by atoms with E-state index in [4.69, 9.17) is 4.74 Å². The molecule has 0 heterocycles. The Balaban J connectivity index is 2.06. The summed E-state index contributed by atoms with van der Waals surface area (Å²) in [5, 5.41) is 9.42. The zero-order valence-electron chi connectivity index (χ0n) is 13.3. The van der Waals surface area contributed by atoms with E-state index in [0.29, 0.717) is 17.6 Å². The molecule has 116 valence electrons. The average molecular weight is 296 g/mol. The van der Waals surface area contributed by atoms with Crippen molar-refractivity contribution in [1.82, 2.24) is 0 Å². The highest BCUT2D eigenvalue weighted by atomic mass is 16.5. The lowest BCUT2D eigenvalue weighted by atomic mass is 9.84. The molecule has 0 aromatic heterocycles. The van der Waals surface area contributed by atoms with Gasteiger partial charge >= 0.3 is 0 Å². The molecule has 0 amide bonds. The van der Waals surface area contributed by atoms with Gasteiger partial charge in [-0.05, 0) is 60.1 Å². The van der Waals surface area contributed by atoms with Crippen LogP contribution in [-0.2, 0) is 0 Å². The van der Waals surface area contributed by atoms with Crippen LogP contribution in [0.1, 0.15) is 49.7 Å². The Hall–Kier alpha value is -2.22. The van der Waals surface area contributed by atoms with Crippen LogP contribution in [0.25, 0.3) is 0 Å². The highest BCUT2D eigenvalue weighted by Crippen LogP contribution is 2.33. The third kappa shape index (κ3) is 4.14. The molecular weight excluding hydrogens is 272 g/mol. The predicted octanol–water partition coefficient (Wildman–Crippen LogP) is 5.60. The molecule has 0 spiro atoms. The molecule has 1 N–H and O–H groups in total. The van der Waals surface area contributed by atoms with Gasteiger partial charge in [-0.1, -0.05) is 44.7 Å². The first-order valence-electron chi connectivity index (χ1n) is 7.80. The van der Waals surface area contributed by atoms with Gasteiger partial charge < -0.3 is 9.84 Å². The second-order valence-corrected chi connectivity index (χ2v) is 5.69. The number of phenols is 1. The number of rotatable bonds is 7. The fraction of sp³-hybridized carbons (Fsp3) is 0.300. The minimum Gasteiger partial charge on any atom is -0.508 e. The fourth-order valence-electron chi connectivity index (χ4n) is 2.82. The highest BCUT2D eigenvalue weighted by Gasteiger charge is 2.15. The lowest BCUT2D eigenvalue weighted by molar-refractivity contribution is 0.474. The van der Waals surface area contributed by atoms with Crippen molar-refractivity contribution in [3.63, 3.8) is 0 Å². The van der Waals surface area contributed by atoms with E-state index in [9.17, 15) is 5.11 Å². The molecule has 0 radical (unpaired) electrons. The van der Waals surface area contributed by atoms with Crippen LogP contribution in [0.3, 0.4) is 0 Å². The van der Waals surface area contributed by atoms with Gasteiger partial charge in [0, 0.05) is 0 Å². The summed E-state index contributed by atoms with van der Waals surface area (Å²) in [7, 11) is 0. The van der Waals surface area contributed by atoms with Crippen LogP contribution in [0.5, 0.6) is 11.5 Å². The number of hydrogen-bond acceptors (Lipinski definition) is 2. The maximum atomic E-state index is 9.42. The Morgan fingerprint density at radius 3 is 2.18 bits per heavy atom. The monoisotopic (exact) mass is 296 g/mol. The lowest BCUT2D eigenvalue weighted by Gasteiger charge is -2.21. The number of ether oxygens (including phenoxy) is 1. The Morgan fingerprint density at radius 1 is 1.05 bits per heavy atom. The number of hydrogen-bond donors (Lipinski definition) is 1. The van der Waals surface area contributed by atoms with Crippen LogP contribution in [-0.4, -0.2) is 5.11 Å². The Labute approximate surface area is 133 Å². The van der Waals surface area contributed by atoms with Crippen molar-refractivity contribution >= 4 is 0 Å². The smallest absolute Gasteiger partial charge is 0.126 e. The van der Waals surface area contributed by atoms with Crippen LogP contribution in [0.15, 0.2) is 61.4 Å². The first kappa shape index (κ1) is 16.2. The van der Waals surface area contributed by atoms with Crippen molar-refractivity contribution in [3.05, 3.63) is 72.5 Å². The van der Waals surface area contributed by atoms with Crippen molar-refractivity contribution in [2.24, 2.45) is 0 Å². The SMILES string of the molecule is C=COc1ccc(C(C)CC(CC)c2ccc(O)cc2)cc1. The molecule has 2 aromatic carbocycles. The van der Waals surface area contributed by atoms with Crippen molar-refractivity contribution in [2.75, 3.05) is 0 Å². The topological polar surface area (TPSA) is 29.5 Å². The molecule has 0 bridgehead atoms. The van der Waals surface area contributed by atoms with E-state index in [1.54, 1.807) is 12.1 Å². The summed E-state index contributed by atoms with van der Waals surface area (Å²) in [6, 6.07) is 15.8. The van der Waals surface area contributed by atoms with Crippen LogP contribution in [0.4, 0.5) is 0 Å². The maximum Gasteiger partial charge on any atom is 0.126 e. The molecule has 2 aromatic rings. The lowest BCUT2D eigenvalue weighted by Crippen LogP contribution is -2.03. The zero-order valence-corrected chi connectivity index (χ0v) is 13.3. The summed E-state index contributed by atoms with van der Waals surface area (Å²) in [5.41, 5.74) is 2.60. The number of aromatic hydroxyl groups is 1. The molecule has 2 atom stereocenters. The third-order valence-electron chi connectivity index (χ3n) is 4.16. The number of phenolic OH excluding ortho intramolecular Hbond substituents is 1. The summed E-state index contributed by atoms with van der Waals surface area (Å²) < 4.78 is 5.26. The second kappa shape index (κ2) is 7.69. The van der Waals surface area contributed by atoms with Crippen molar-refractivity contribution in [2.45, 2.75) is 38.5 Å². The minimum absolute atomic E-state index is 0.324. The summed E-state index contributed by atoms with van der Waals surface area (Å²) in [4.78, 5) is 0. The predicted molar refractivity (Wildman–Crippen MR) is 91.4 cm³/mol. The van der Waals surface area contributed by atoms with Gasteiger partial charge in [-0.2, -0.15) is 0 Å². The van der Waals surface area contributed by atoms with E-state index in [0.717, 1.165) is 18.6 Å². The third-order valence-corrected chi connectivity index (χ3v) is 4.16. The quantitative estimate of drug-likeness (QED) is 0.674. The standard InChI is InChI=1S/C20H24O2/c1-4-16(18-6-10-19(21)11-7-18)14-15(3)17-8-12-20(13-9-17)22-5-2/h5-13,15-16,21H,2,4,14H2,1,3H3. The summed E-state index contributed by atoms with van der Waals surface area (Å²) in [6.45, 7) is 8.03. The Kier molecular flexibility index (Phi) is 5.65. The molecule has 0 saturated carbocycles. The van der Waals surface area contributed by atoms with Gasteiger partial charge in [0.05, 0.1) is 6.26 Å². The van der Waals surface area contributed by atoms with Crippen molar-refractivity contribution in [1.29, 1.82) is 0 Å². The van der Waals surface area contributed by atoms with E-state index in [1.807, 2.05) is 24.3 Å². The summed E-state index contributed by atoms with van der Waals surface area (Å²) in [6.07, 6.45) is 3.62. The van der Waals surface area contributed by atoms with Crippen LogP contribution in [0.2, 0.25) is 0 Å². The van der Waals surface area contributed by atoms with Gasteiger partial charge in [-0.25, -0.2) is 0 Å². The highest BCUT2D eigenvalue weighted by molar-refractivity contribution is 5.31. The molecule has 2 rings (SSSR count). The molecule has 0 aliphatic rings. The van der Waals surface area contributed by atoms with Gasteiger partial charge in [-0.15, -0.1) is 0 Å². The van der Waals surface area contributed by atoms with Crippen LogP contribution >= 0.6 is 0 Å². The minimum atomic E-state index is 0.324. The molecule has 2 nitrogen and oxygen atoms in total. The molecule has 2 heteroatoms. The molecule has 2 unspecified atom stereocenters. The maximum absolute atomic E-state index is 9.42. The van der Waals surface area contributed by atoms with Gasteiger partial charge in [0.25, 0.3) is 0 Å². The van der Waals surface area contributed by atoms with E-state index in [-0.39, 0.29) is 0 Å². The van der Waals surface area contributed by atoms with Gasteiger partial charge in [-0.3, -0.25) is 0 Å². The van der Waals surface area contributed by atoms with Gasteiger partial charge in [0.15, 0.2) is 0 Å². The van der Waals surface area contributed by atoms with Crippen molar-refractivity contribution < 1.29 is 9.84 Å². The number of benzene rings is 2. The van der Waals surface area contributed by atoms with Gasteiger partial charge in [0.2, 0.25) is 0 Å². The van der Waals surface area contributed by atoms with Crippen LogP contribution < -0.4 is 4.74 Å². The van der Waals surface area contributed by atoms with Gasteiger partial charge in [0.1, 0.15) is 11.5 Å². The molecule has 0 saturated heterocycles. The normalized spacial score (nSPS) is 13.4. The van der Waals surface area contributed by atoms with E-state index in [2.05, 4.69) is 32.6 Å². The largest absolute Gasteiger partial charge is 0.508 e. The van der Waals surface area contributed by atoms with E-state index < -0.39 is 0 Å². The Bertz CT molecular complexity index is 584. The first-order valence-corrected chi connectivity index (χ1v) is 7.80. The summed E-state index contributed by atoms with van der Waals surface area (Å²) >= 11 is 0. The van der Waals surface area contributed by atoms with Crippen molar-refractivity contribution in [3.8, 4) is 11.5 Å². The average Bonchev–Trinajstić information content (AvgIpc) is 2.54. The molecule has 22 heavy (non-hydrogen) atoms. The van der Waals surface area contributed by atoms with E-state index >= 15 is 0 Å². The second-order valence-electron chi connectivity index (χ2n) is 5.69. The molecular formula is C20H24O2. The zero-order chi connectivity index (χ0) is 15.9. The summed E-state index contributed by atoms with van der Waals surface area (Å²) in [5.74, 6) is 2.11. The molecule has 0 fully saturated rings. The van der Waals surface area contributed by atoms with Crippen LogP contribution in [0, 0.1) is 0 Å². The fourth-order valence-corrected chi connectivity index (χ4v) is 2.82. The molecule has 0 aliphatic heterocycles. The van der Waals surface area contributed by atoms with E-state index in [1.165, 1.54) is 17.4 Å². The molecule has 0 aliphatic carbocycles.